The number of aliphatic hydroxyl groups is 1. The highest BCUT2D eigenvalue weighted by Crippen LogP contribution is 2.29. The number of rotatable bonds is 21. The van der Waals surface area contributed by atoms with Gasteiger partial charge in [0.1, 0.15) is 19.0 Å². The van der Waals surface area contributed by atoms with E-state index < -0.39 is 17.5 Å². The summed E-state index contributed by atoms with van der Waals surface area (Å²) in [6, 6.07) is 26.9. The van der Waals surface area contributed by atoms with E-state index in [2.05, 4.69) is 23.8 Å². The lowest BCUT2D eigenvalue weighted by Crippen LogP contribution is -2.50. The van der Waals surface area contributed by atoms with Crippen molar-refractivity contribution in [2.24, 2.45) is 11.8 Å². The molecule has 50 heavy (non-hydrogen) atoms. The fourth-order valence-electron chi connectivity index (χ4n) is 6.47. The van der Waals surface area contributed by atoms with Crippen LogP contribution in [0.2, 0.25) is 0 Å². The minimum Gasteiger partial charge on any atom is -0.489 e. The van der Waals surface area contributed by atoms with Crippen molar-refractivity contribution >= 4 is 17.8 Å². The molecule has 0 spiro atoms. The molecule has 1 aliphatic carbocycles. The van der Waals surface area contributed by atoms with Crippen LogP contribution < -0.4 is 15.4 Å². The smallest absolute Gasteiger partial charge is 0.309 e. The van der Waals surface area contributed by atoms with Crippen molar-refractivity contribution in [3.63, 3.8) is 0 Å². The summed E-state index contributed by atoms with van der Waals surface area (Å²) in [5.41, 5.74) is 2.42. The molecule has 0 unspecified atom stereocenters. The number of carbonyl (C=O) groups excluding carboxylic acids is 3. The van der Waals surface area contributed by atoms with Crippen LogP contribution in [0.1, 0.15) is 68.1 Å². The molecule has 0 heterocycles. The van der Waals surface area contributed by atoms with Gasteiger partial charge in [0.15, 0.2) is 0 Å². The zero-order chi connectivity index (χ0) is 35.6. The molecule has 3 aromatic rings. The van der Waals surface area contributed by atoms with Crippen LogP contribution in [0.15, 0.2) is 110 Å². The second-order valence-electron chi connectivity index (χ2n) is 13.3. The first-order chi connectivity index (χ1) is 24.3. The lowest BCUT2D eigenvalue weighted by molar-refractivity contribution is -0.150. The monoisotopic (exact) mass is 680 g/mol. The number of esters is 1. The number of amides is 2. The lowest BCUT2D eigenvalue weighted by Gasteiger charge is -2.29. The third-order valence-corrected chi connectivity index (χ3v) is 9.33. The van der Waals surface area contributed by atoms with Gasteiger partial charge in [-0.2, -0.15) is 0 Å². The van der Waals surface area contributed by atoms with E-state index in [0.717, 1.165) is 48.1 Å². The molecule has 0 radical (unpaired) electrons. The van der Waals surface area contributed by atoms with Gasteiger partial charge in [-0.05, 0) is 73.8 Å². The number of allylic oxidation sites excluding steroid dienone is 2. The van der Waals surface area contributed by atoms with E-state index >= 15 is 0 Å². The van der Waals surface area contributed by atoms with Gasteiger partial charge >= 0.3 is 5.97 Å². The molecule has 3 N–H and O–H groups in total. The molecule has 8 nitrogen and oxygen atoms in total. The number of nitrogens with one attached hydrogen (secondary N) is 2. The molecular weight excluding hydrogens is 628 g/mol. The van der Waals surface area contributed by atoms with E-state index in [9.17, 15) is 19.5 Å². The van der Waals surface area contributed by atoms with E-state index in [1.54, 1.807) is 12.2 Å². The van der Waals surface area contributed by atoms with E-state index in [0.29, 0.717) is 38.7 Å². The number of hydrogen-bond acceptors (Lipinski definition) is 6. The van der Waals surface area contributed by atoms with Crippen molar-refractivity contribution in [1.29, 1.82) is 0 Å². The molecule has 3 aromatic carbocycles. The van der Waals surface area contributed by atoms with Crippen molar-refractivity contribution in [2.75, 3.05) is 13.2 Å². The third kappa shape index (κ3) is 12.3. The first-order valence-corrected chi connectivity index (χ1v) is 17.7. The zero-order valence-corrected chi connectivity index (χ0v) is 29.1. The van der Waals surface area contributed by atoms with Gasteiger partial charge in [0.2, 0.25) is 11.8 Å². The van der Waals surface area contributed by atoms with E-state index in [4.69, 9.17) is 9.47 Å². The third-order valence-electron chi connectivity index (χ3n) is 9.33. The van der Waals surface area contributed by atoms with Crippen LogP contribution in [0.25, 0.3) is 0 Å². The number of benzene rings is 3. The zero-order valence-electron chi connectivity index (χ0n) is 29.1. The van der Waals surface area contributed by atoms with Crippen LogP contribution in [0.4, 0.5) is 0 Å². The van der Waals surface area contributed by atoms with Crippen molar-refractivity contribution in [2.45, 2.75) is 82.4 Å². The number of hydrogen-bond donors (Lipinski definition) is 3. The predicted molar refractivity (Wildman–Crippen MR) is 196 cm³/mol. The molecule has 0 saturated heterocycles. The Morgan fingerprint density at radius 2 is 1.46 bits per heavy atom. The first-order valence-electron chi connectivity index (χ1n) is 17.7. The van der Waals surface area contributed by atoms with Gasteiger partial charge in [0.25, 0.3) is 0 Å². The minimum absolute atomic E-state index is 0.0309. The van der Waals surface area contributed by atoms with E-state index in [1.807, 2.05) is 84.9 Å². The number of carbonyl (C=O) groups is 3. The molecule has 1 aliphatic rings. The minimum atomic E-state index is -0.671. The topological polar surface area (TPSA) is 114 Å². The maximum atomic E-state index is 13.7. The highest BCUT2D eigenvalue weighted by Gasteiger charge is 2.35. The van der Waals surface area contributed by atoms with Crippen molar-refractivity contribution in [1.82, 2.24) is 10.6 Å². The predicted octanol–water partition coefficient (Wildman–Crippen LogP) is 6.66. The molecule has 4 rings (SSSR count). The second-order valence-corrected chi connectivity index (χ2v) is 13.3. The number of ether oxygens (including phenoxy) is 2. The summed E-state index contributed by atoms with van der Waals surface area (Å²) >= 11 is 0. The van der Waals surface area contributed by atoms with E-state index in [1.165, 1.54) is 0 Å². The van der Waals surface area contributed by atoms with Gasteiger partial charge in [-0.3, -0.25) is 14.4 Å². The van der Waals surface area contributed by atoms with Crippen LogP contribution >= 0.6 is 0 Å². The molecule has 3 atom stereocenters. The fourth-order valence-corrected chi connectivity index (χ4v) is 6.47. The summed E-state index contributed by atoms with van der Waals surface area (Å²) in [7, 11) is 0. The van der Waals surface area contributed by atoms with Gasteiger partial charge in [0.05, 0.1) is 30.0 Å². The Hall–Kier alpha value is -4.69. The lowest BCUT2D eigenvalue weighted by atomic mass is 9.94. The standard InChI is InChI=1S/C42H52N2O6/c1-3-5-19-36(26-32-15-8-6-9-16-32)41(48)50-30-37(27-33-20-22-38(23-21-33)49-29-34-17-10-7-11-18-34)43-40(47)35(14-4-2)28-39(46)44-42(31-45)24-12-13-25-42/h3-4,6-11,15-18,20-23,35-37,45H,1-2,5,12-14,19,24-31H2,(H,43,47)(H,44,46)/t35-,36-,37+/m1/s1. The normalized spacial score (nSPS) is 15.2. The molecular formula is C42H52N2O6. The summed E-state index contributed by atoms with van der Waals surface area (Å²) in [6.07, 6.45) is 9.22. The Balaban J connectivity index is 1.45. The highest BCUT2D eigenvalue weighted by atomic mass is 16.5. The summed E-state index contributed by atoms with van der Waals surface area (Å²) < 4.78 is 11.9. The summed E-state index contributed by atoms with van der Waals surface area (Å²) in [6.45, 7) is 7.92. The van der Waals surface area contributed by atoms with Crippen LogP contribution in [-0.2, 0) is 38.6 Å². The van der Waals surface area contributed by atoms with Gasteiger partial charge in [-0.1, -0.05) is 97.8 Å². The van der Waals surface area contributed by atoms with Crippen LogP contribution in [0, 0.1) is 11.8 Å². The SMILES string of the molecule is C=CCC[C@H](Cc1ccccc1)C(=O)OC[C@H](Cc1ccc(OCc2ccccc2)cc1)NC(=O)[C@H](CC=C)CC(=O)NC1(CO)CCCC1. The molecule has 0 bridgehead atoms. The Morgan fingerprint density at radius 1 is 0.820 bits per heavy atom. The Morgan fingerprint density at radius 3 is 2.08 bits per heavy atom. The van der Waals surface area contributed by atoms with Crippen molar-refractivity contribution in [3.05, 3.63) is 127 Å². The molecule has 0 aliphatic heterocycles. The molecule has 0 aromatic heterocycles. The number of aliphatic hydroxyl groups excluding tert-OH is 1. The summed E-state index contributed by atoms with van der Waals surface area (Å²) in [5.74, 6) is -1.23. The Labute approximate surface area is 297 Å². The van der Waals surface area contributed by atoms with Crippen molar-refractivity contribution in [3.8, 4) is 5.75 Å². The maximum absolute atomic E-state index is 13.7. The average molecular weight is 681 g/mol. The van der Waals surface area contributed by atoms with E-state index in [-0.39, 0.29) is 43.3 Å². The quantitative estimate of drug-likeness (QED) is 0.0857. The van der Waals surface area contributed by atoms with Crippen LogP contribution in [-0.4, -0.2) is 47.7 Å². The summed E-state index contributed by atoms with van der Waals surface area (Å²) in [5, 5.41) is 16.1. The van der Waals surface area contributed by atoms with Gasteiger partial charge in [-0.15, -0.1) is 13.2 Å². The average Bonchev–Trinajstić information content (AvgIpc) is 3.61. The van der Waals surface area contributed by atoms with Gasteiger partial charge < -0.3 is 25.2 Å². The molecule has 2 amide bonds. The molecule has 1 saturated carbocycles. The van der Waals surface area contributed by atoms with Crippen molar-refractivity contribution < 1.29 is 29.0 Å². The largest absolute Gasteiger partial charge is 0.489 e. The van der Waals surface area contributed by atoms with Gasteiger partial charge in [-0.25, -0.2) is 0 Å². The second kappa shape index (κ2) is 20.1. The summed E-state index contributed by atoms with van der Waals surface area (Å²) in [4.78, 5) is 40.3. The molecule has 1 fully saturated rings. The highest BCUT2D eigenvalue weighted by molar-refractivity contribution is 5.86. The molecule has 8 heteroatoms. The van der Waals surface area contributed by atoms with Gasteiger partial charge in [0, 0.05) is 6.42 Å². The van der Waals surface area contributed by atoms with Crippen LogP contribution in [0.3, 0.4) is 0 Å². The molecule has 266 valence electrons. The maximum Gasteiger partial charge on any atom is 0.309 e. The fraction of sp³-hybridized carbons (Fsp3) is 0.405. The Kier molecular flexibility index (Phi) is 15.3. The Bertz CT molecular complexity index is 1500. The van der Waals surface area contributed by atoms with Crippen LogP contribution in [0.5, 0.6) is 5.75 Å². The first kappa shape index (κ1) is 38.1.